The van der Waals surface area contributed by atoms with E-state index in [9.17, 15) is 13.2 Å². The lowest BCUT2D eigenvalue weighted by Gasteiger charge is -2.12. The predicted octanol–water partition coefficient (Wildman–Crippen LogP) is 2.62. The van der Waals surface area contributed by atoms with Crippen molar-refractivity contribution in [3.05, 3.63) is 59.7 Å². The molecule has 2 aromatic rings. The Hall–Kier alpha value is -2.88. The highest BCUT2D eigenvalue weighted by Crippen LogP contribution is 2.16. The lowest BCUT2D eigenvalue weighted by atomic mass is 10.1. The molecule has 0 unspecified atom stereocenters. The molecule has 0 saturated carbocycles. The van der Waals surface area contributed by atoms with Gasteiger partial charge in [-0.3, -0.25) is 0 Å². The van der Waals surface area contributed by atoms with Gasteiger partial charge in [0.2, 0.25) is 0 Å². The Kier molecular flexibility index (Phi) is 8.20. The van der Waals surface area contributed by atoms with E-state index < -0.39 is 12.8 Å². The van der Waals surface area contributed by atoms with Crippen LogP contribution in [0.3, 0.4) is 0 Å². The topological polar surface area (TPSA) is 76.4 Å². The summed E-state index contributed by atoms with van der Waals surface area (Å²) in [6.07, 6.45) is -2.62. The molecule has 0 amide bonds. The van der Waals surface area contributed by atoms with Crippen LogP contribution in [0, 0.1) is 6.92 Å². The van der Waals surface area contributed by atoms with E-state index in [4.69, 9.17) is 4.74 Å². The standard InChI is InChI=1S/C19H25F3N6O/c1-4-8-23-18(25-11-17-27-26-14(2)28(17)3)24-10-15-6-5-7-16(9-15)12-29-13-19(20,21)22/h4-7,9H,1,8,10-13H2,2-3H3,(H2,23,24,25). The second-order valence-electron chi connectivity index (χ2n) is 6.34. The van der Waals surface area contributed by atoms with Crippen LogP contribution in [-0.2, 0) is 31.5 Å². The summed E-state index contributed by atoms with van der Waals surface area (Å²) in [6.45, 7) is 5.47. The van der Waals surface area contributed by atoms with E-state index >= 15 is 0 Å². The van der Waals surface area contributed by atoms with E-state index in [1.54, 1.807) is 24.3 Å². The van der Waals surface area contributed by atoms with Gasteiger partial charge in [-0.05, 0) is 18.1 Å². The van der Waals surface area contributed by atoms with Crippen LogP contribution >= 0.6 is 0 Å². The number of alkyl halides is 3. The molecule has 2 N–H and O–H groups in total. The zero-order valence-corrected chi connectivity index (χ0v) is 16.5. The number of guanidine groups is 1. The van der Waals surface area contributed by atoms with Gasteiger partial charge < -0.3 is 19.9 Å². The van der Waals surface area contributed by atoms with Crippen molar-refractivity contribution in [2.45, 2.75) is 32.8 Å². The van der Waals surface area contributed by atoms with E-state index in [-0.39, 0.29) is 6.61 Å². The normalized spacial score (nSPS) is 12.1. The Bertz CT molecular complexity index is 832. The number of aryl methyl sites for hydroxylation is 1. The second-order valence-corrected chi connectivity index (χ2v) is 6.34. The third-order valence-electron chi connectivity index (χ3n) is 3.96. The molecular weight excluding hydrogens is 385 g/mol. The molecular formula is C19H25F3N6O. The van der Waals surface area contributed by atoms with Gasteiger partial charge in [0, 0.05) is 13.6 Å². The smallest absolute Gasteiger partial charge is 0.367 e. The Labute approximate surface area is 167 Å². The van der Waals surface area contributed by atoms with Crippen LogP contribution < -0.4 is 10.6 Å². The zero-order chi connectivity index (χ0) is 21.3. The molecule has 0 saturated heterocycles. The largest absolute Gasteiger partial charge is 0.411 e. The number of nitrogens with one attached hydrogen (secondary N) is 2. The maximum Gasteiger partial charge on any atom is 0.411 e. The minimum Gasteiger partial charge on any atom is -0.367 e. The summed E-state index contributed by atoms with van der Waals surface area (Å²) in [5.41, 5.74) is 1.51. The Morgan fingerprint density at radius 2 is 2.03 bits per heavy atom. The summed E-state index contributed by atoms with van der Waals surface area (Å²) in [6, 6.07) is 7.11. The Balaban J connectivity index is 1.97. The number of aromatic nitrogens is 3. The van der Waals surface area contributed by atoms with Gasteiger partial charge in [-0.2, -0.15) is 13.2 Å². The Morgan fingerprint density at radius 1 is 1.28 bits per heavy atom. The molecule has 158 valence electrons. The molecule has 0 bridgehead atoms. The molecule has 29 heavy (non-hydrogen) atoms. The van der Waals surface area contributed by atoms with Crippen molar-refractivity contribution in [3.8, 4) is 0 Å². The summed E-state index contributed by atoms with van der Waals surface area (Å²) in [4.78, 5) is 4.51. The molecule has 0 aliphatic rings. The van der Waals surface area contributed by atoms with E-state index in [0.717, 1.165) is 17.2 Å². The first-order valence-corrected chi connectivity index (χ1v) is 8.98. The minimum atomic E-state index is -4.33. The highest BCUT2D eigenvalue weighted by atomic mass is 19.4. The zero-order valence-electron chi connectivity index (χ0n) is 16.5. The molecule has 1 heterocycles. The van der Waals surface area contributed by atoms with E-state index in [0.29, 0.717) is 31.2 Å². The first-order chi connectivity index (χ1) is 13.8. The molecule has 1 aromatic carbocycles. The van der Waals surface area contributed by atoms with Crippen LogP contribution in [0.1, 0.15) is 22.8 Å². The minimum absolute atomic E-state index is 0.109. The van der Waals surface area contributed by atoms with E-state index in [1.807, 2.05) is 24.6 Å². The quantitative estimate of drug-likeness (QED) is 0.378. The molecule has 1 aromatic heterocycles. The molecule has 0 radical (unpaired) electrons. The molecule has 0 aliphatic heterocycles. The van der Waals surface area contributed by atoms with Gasteiger partial charge in [0.15, 0.2) is 11.8 Å². The van der Waals surface area contributed by atoms with Crippen molar-refractivity contribution in [2.75, 3.05) is 13.2 Å². The van der Waals surface area contributed by atoms with Gasteiger partial charge in [-0.1, -0.05) is 30.3 Å². The van der Waals surface area contributed by atoms with Crippen LogP contribution in [-0.4, -0.2) is 40.1 Å². The number of ether oxygens (including phenoxy) is 1. The average molecular weight is 410 g/mol. The third kappa shape index (κ3) is 7.94. The molecule has 0 atom stereocenters. The third-order valence-corrected chi connectivity index (χ3v) is 3.96. The van der Waals surface area contributed by atoms with Gasteiger partial charge in [-0.15, -0.1) is 16.8 Å². The summed E-state index contributed by atoms with van der Waals surface area (Å²) < 4.78 is 43.2. The molecule has 7 nitrogen and oxygen atoms in total. The van der Waals surface area contributed by atoms with Gasteiger partial charge in [0.25, 0.3) is 0 Å². The van der Waals surface area contributed by atoms with Gasteiger partial charge in [0.1, 0.15) is 12.4 Å². The number of aliphatic imine (C=N–C) groups is 1. The van der Waals surface area contributed by atoms with E-state index in [1.165, 1.54) is 0 Å². The summed E-state index contributed by atoms with van der Waals surface area (Å²) in [5.74, 6) is 2.13. The number of nitrogens with zero attached hydrogens (tertiary/aromatic N) is 4. The molecule has 0 fully saturated rings. The first-order valence-electron chi connectivity index (χ1n) is 8.98. The number of benzene rings is 1. The maximum absolute atomic E-state index is 12.2. The van der Waals surface area contributed by atoms with E-state index in [2.05, 4.69) is 32.4 Å². The Morgan fingerprint density at radius 3 is 2.69 bits per heavy atom. The molecule has 10 heteroatoms. The van der Waals surface area contributed by atoms with Crippen LogP contribution in [0.5, 0.6) is 0 Å². The highest BCUT2D eigenvalue weighted by molar-refractivity contribution is 5.79. The fourth-order valence-electron chi connectivity index (χ4n) is 2.38. The van der Waals surface area contributed by atoms with Crippen LogP contribution in [0.25, 0.3) is 0 Å². The van der Waals surface area contributed by atoms with Crippen molar-refractivity contribution in [2.24, 2.45) is 12.0 Å². The average Bonchev–Trinajstić information content (AvgIpc) is 2.99. The summed E-state index contributed by atoms with van der Waals surface area (Å²) in [5, 5.41) is 14.4. The van der Waals surface area contributed by atoms with Gasteiger partial charge in [-0.25, -0.2) is 4.99 Å². The fourth-order valence-corrected chi connectivity index (χ4v) is 2.38. The van der Waals surface area contributed by atoms with Crippen molar-refractivity contribution in [3.63, 3.8) is 0 Å². The molecule has 2 rings (SSSR count). The highest BCUT2D eigenvalue weighted by Gasteiger charge is 2.27. The second kappa shape index (κ2) is 10.6. The molecule has 0 aliphatic carbocycles. The van der Waals surface area contributed by atoms with Crippen molar-refractivity contribution in [1.29, 1.82) is 0 Å². The van der Waals surface area contributed by atoms with Gasteiger partial charge in [0.05, 0.1) is 19.7 Å². The fraction of sp³-hybridized carbons (Fsp3) is 0.421. The van der Waals surface area contributed by atoms with Crippen LogP contribution in [0.15, 0.2) is 41.9 Å². The van der Waals surface area contributed by atoms with Crippen LogP contribution in [0.4, 0.5) is 13.2 Å². The lowest BCUT2D eigenvalue weighted by molar-refractivity contribution is -0.176. The first kappa shape index (κ1) is 22.4. The molecule has 0 spiro atoms. The van der Waals surface area contributed by atoms with Crippen molar-refractivity contribution < 1.29 is 17.9 Å². The predicted molar refractivity (Wildman–Crippen MR) is 104 cm³/mol. The van der Waals surface area contributed by atoms with Crippen molar-refractivity contribution >= 4 is 5.96 Å². The summed E-state index contributed by atoms with van der Waals surface area (Å²) in [7, 11) is 1.88. The summed E-state index contributed by atoms with van der Waals surface area (Å²) >= 11 is 0. The number of hydrogen-bond donors (Lipinski definition) is 2. The monoisotopic (exact) mass is 410 g/mol. The number of halogens is 3. The number of hydrogen-bond acceptors (Lipinski definition) is 4. The maximum atomic E-state index is 12.2. The lowest BCUT2D eigenvalue weighted by Crippen LogP contribution is -2.37. The number of rotatable bonds is 9. The SMILES string of the molecule is C=CCNC(=NCc1cccc(COCC(F)(F)F)c1)NCc1nnc(C)n1C. The van der Waals surface area contributed by atoms with Crippen LogP contribution in [0.2, 0.25) is 0 Å². The van der Waals surface area contributed by atoms with Gasteiger partial charge >= 0.3 is 6.18 Å². The van der Waals surface area contributed by atoms with Crippen molar-refractivity contribution in [1.82, 2.24) is 25.4 Å².